The highest BCUT2D eigenvalue weighted by Crippen LogP contribution is 2.38. The van der Waals surface area contributed by atoms with Crippen LogP contribution in [-0.2, 0) is 5.41 Å². The van der Waals surface area contributed by atoms with E-state index in [9.17, 15) is 5.11 Å². The monoisotopic (exact) mass is 230 g/mol. The van der Waals surface area contributed by atoms with Crippen LogP contribution in [0.1, 0.15) is 51.5 Å². The molecule has 1 aliphatic carbocycles. The van der Waals surface area contributed by atoms with Gasteiger partial charge < -0.3 is 5.11 Å². The molecular weight excluding hydrogens is 208 g/mol. The fourth-order valence-electron chi connectivity index (χ4n) is 2.75. The molecule has 1 aromatic rings. The Hall–Kier alpha value is -1.24. The molecule has 1 atom stereocenters. The first-order valence-corrected chi connectivity index (χ1v) is 6.65. The van der Waals surface area contributed by atoms with Crippen molar-refractivity contribution >= 4 is 0 Å². The van der Waals surface area contributed by atoms with Crippen molar-refractivity contribution in [3.8, 4) is 5.75 Å². The molecule has 0 radical (unpaired) electrons. The zero-order chi connectivity index (χ0) is 12.3. The summed E-state index contributed by atoms with van der Waals surface area (Å²) >= 11 is 0. The molecule has 0 spiro atoms. The first kappa shape index (κ1) is 12.2. The molecule has 1 heteroatoms. The largest absolute Gasteiger partial charge is 0.508 e. The minimum Gasteiger partial charge on any atom is -0.508 e. The molecule has 0 heterocycles. The molecule has 0 aliphatic heterocycles. The number of phenolic OH excluding ortho intramolecular Hbond substituents is 1. The van der Waals surface area contributed by atoms with Crippen LogP contribution in [0.4, 0.5) is 0 Å². The Labute approximate surface area is 104 Å². The molecule has 1 saturated carbocycles. The Bertz CT molecular complexity index is 411. The number of hydrogen-bond acceptors (Lipinski definition) is 1. The van der Waals surface area contributed by atoms with Gasteiger partial charge in [-0.1, -0.05) is 43.7 Å². The smallest absolute Gasteiger partial charge is 0.119 e. The summed E-state index contributed by atoms with van der Waals surface area (Å²) in [5, 5.41) is 10.0. The standard InChI is InChI=1S/C16H22O/c1-3-16(2,12-13-8-4-5-9-13)14-10-6-7-11-15(14)17/h6-7,10-12,17H,3-5,8-9H2,1-2H3. The average molecular weight is 230 g/mol. The van der Waals surface area contributed by atoms with Crippen LogP contribution in [0, 0.1) is 0 Å². The second kappa shape index (κ2) is 4.95. The fourth-order valence-corrected chi connectivity index (χ4v) is 2.75. The number of phenols is 1. The van der Waals surface area contributed by atoms with Crippen LogP contribution >= 0.6 is 0 Å². The van der Waals surface area contributed by atoms with Gasteiger partial charge >= 0.3 is 0 Å². The lowest BCUT2D eigenvalue weighted by Crippen LogP contribution is -2.18. The third kappa shape index (κ3) is 2.54. The lowest BCUT2D eigenvalue weighted by Gasteiger charge is -2.27. The van der Waals surface area contributed by atoms with Crippen molar-refractivity contribution in [2.75, 3.05) is 0 Å². The summed E-state index contributed by atoms with van der Waals surface area (Å²) in [5.74, 6) is 0.423. The van der Waals surface area contributed by atoms with Gasteiger partial charge in [0.05, 0.1) is 0 Å². The summed E-state index contributed by atoms with van der Waals surface area (Å²) in [7, 11) is 0. The molecule has 0 aromatic heterocycles. The number of rotatable bonds is 3. The van der Waals surface area contributed by atoms with Gasteiger partial charge in [-0.05, 0) is 38.2 Å². The maximum atomic E-state index is 10.0. The number of benzene rings is 1. The van der Waals surface area contributed by atoms with E-state index < -0.39 is 0 Å². The van der Waals surface area contributed by atoms with Crippen LogP contribution in [-0.4, -0.2) is 5.11 Å². The summed E-state index contributed by atoms with van der Waals surface area (Å²) in [6, 6.07) is 7.73. The van der Waals surface area contributed by atoms with Crippen molar-refractivity contribution < 1.29 is 5.11 Å². The molecule has 0 amide bonds. The summed E-state index contributed by atoms with van der Waals surface area (Å²) in [4.78, 5) is 0. The van der Waals surface area contributed by atoms with Crippen LogP contribution < -0.4 is 0 Å². The zero-order valence-electron chi connectivity index (χ0n) is 10.9. The highest BCUT2D eigenvalue weighted by molar-refractivity contribution is 5.42. The van der Waals surface area contributed by atoms with Crippen LogP contribution in [0.15, 0.2) is 35.9 Å². The molecule has 1 aromatic carbocycles. The third-order valence-electron chi connectivity index (χ3n) is 4.02. The molecule has 2 rings (SSSR count). The Morgan fingerprint density at radius 3 is 2.47 bits per heavy atom. The van der Waals surface area contributed by atoms with E-state index >= 15 is 0 Å². The van der Waals surface area contributed by atoms with Gasteiger partial charge in [-0.2, -0.15) is 0 Å². The Kier molecular flexibility index (Phi) is 3.56. The molecule has 1 N–H and O–H groups in total. The zero-order valence-corrected chi connectivity index (χ0v) is 10.9. The van der Waals surface area contributed by atoms with Crippen LogP contribution in [0.3, 0.4) is 0 Å². The summed E-state index contributed by atoms with van der Waals surface area (Å²) in [6.45, 7) is 4.42. The Balaban J connectivity index is 2.37. The number of para-hydroxylation sites is 1. The van der Waals surface area contributed by atoms with E-state index in [1.54, 1.807) is 11.6 Å². The summed E-state index contributed by atoms with van der Waals surface area (Å²) in [5.41, 5.74) is 2.60. The number of hydrogen-bond donors (Lipinski definition) is 1. The van der Waals surface area contributed by atoms with Gasteiger partial charge in [-0.25, -0.2) is 0 Å². The maximum absolute atomic E-state index is 10.0. The molecule has 0 bridgehead atoms. The second-order valence-corrected chi connectivity index (χ2v) is 5.30. The fraction of sp³-hybridized carbons (Fsp3) is 0.500. The van der Waals surface area contributed by atoms with Crippen molar-refractivity contribution in [2.24, 2.45) is 0 Å². The van der Waals surface area contributed by atoms with E-state index in [1.165, 1.54) is 25.7 Å². The highest BCUT2D eigenvalue weighted by atomic mass is 16.3. The van der Waals surface area contributed by atoms with Crippen molar-refractivity contribution in [2.45, 2.75) is 51.4 Å². The summed E-state index contributed by atoms with van der Waals surface area (Å²) in [6.07, 6.45) is 8.55. The lowest BCUT2D eigenvalue weighted by atomic mass is 9.78. The molecule has 1 nitrogen and oxygen atoms in total. The van der Waals surface area contributed by atoms with Crippen molar-refractivity contribution in [1.29, 1.82) is 0 Å². The van der Waals surface area contributed by atoms with Gasteiger partial charge in [-0.3, -0.25) is 0 Å². The van der Waals surface area contributed by atoms with Crippen LogP contribution in [0.5, 0.6) is 5.75 Å². The minimum atomic E-state index is -0.0228. The van der Waals surface area contributed by atoms with E-state index in [0.717, 1.165) is 12.0 Å². The quantitative estimate of drug-likeness (QED) is 0.755. The summed E-state index contributed by atoms with van der Waals surface area (Å²) < 4.78 is 0. The van der Waals surface area contributed by atoms with Crippen molar-refractivity contribution in [3.05, 3.63) is 41.5 Å². The molecule has 17 heavy (non-hydrogen) atoms. The molecule has 1 aliphatic rings. The SMILES string of the molecule is CCC(C)(C=C1CCCC1)c1ccccc1O. The topological polar surface area (TPSA) is 20.2 Å². The van der Waals surface area contributed by atoms with E-state index in [-0.39, 0.29) is 5.41 Å². The first-order valence-electron chi connectivity index (χ1n) is 6.65. The molecule has 1 unspecified atom stereocenters. The normalized spacial score (nSPS) is 19.1. The third-order valence-corrected chi connectivity index (χ3v) is 4.02. The van der Waals surface area contributed by atoms with E-state index in [1.807, 2.05) is 18.2 Å². The van der Waals surface area contributed by atoms with E-state index in [4.69, 9.17) is 0 Å². The minimum absolute atomic E-state index is 0.0228. The lowest BCUT2D eigenvalue weighted by molar-refractivity contribution is 0.445. The maximum Gasteiger partial charge on any atom is 0.119 e. The molecule has 0 saturated heterocycles. The second-order valence-electron chi connectivity index (χ2n) is 5.30. The van der Waals surface area contributed by atoms with E-state index in [2.05, 4.69) is 19.9 Å². The Morgan fingerprint density at radius 2 is 1.88 bits per heavy atom. The van der Waals surface area contributed by atoms with Crippen molar-refractivity contribution in [1.82, 2.24) is 0 Å². The molecular formula is C16H22O. The molecule has 1 fully saturated rings. The van der Waals surface area contributed by atoms with E-state index in [0.29, 0.717) is 5.75 Å². The Morgan fingerprint density at radius 1 is 1.24 bits per heavy atom. The average Bonchev–Trinajstić information content (AvgIpc) is 2.82. The predicted octanol–water partition coefficient (Wildman–Crippen LogP) is 4.56. The van der Waals surface area contributed by atoms with Gasteiger partial charge in [0.2, 0.25) is 0 Å². The number of aromatic hydroxyl groups is 1. The van der Waals surface area contributed by atoms with Crippen LogP contribution in [0.2, 0.25) is 0 Å². The van der Waals surface area contributed by atoms with Crippen LogP contribution in [0.25, 0.3) is 0 Å². The van der Waals surface area contributed by atoms with Gasteiger partial charge in [0, 0.05) is 11.0 Å². The molecule has 92 valence electrons. The van der Waals surface area contributed by atoms with Gasteiger partial charge in [0.15, 0.2) is 0 Å². The first-order chi connectivity index (χ1) is 8.15. The van der Waals surface area contributed by atoms with Crippen molar-refractivity contribution in [3.63, 3.8) is 0 Å². The van der Waals surface area contributed by atoms with Gasteiger partial charge in [0.1, 0.15) is 5.75 Å². The van der Waals surface area contributed by atoms with Gasteiger partial charge in [-0.15, -0.1) is 0 Å². The van der Waals surface area contributed by atoms with Gasteiger partial charge in [0.25, 0.3) is 0 Å². The predicted molar refractivity (Wildman–Crippen MR) is 72.3 cm³/mol. The number of allylic oxidation sites excluding steroid dienone is 2. The highest BCUT2D eigenvalue weighted by Gasteiger charge is 2.26.